The number of hydrogen-bond donors (Lipinski definition) is 1. The molecule has 0 radical (unpaired) electrons. The van der Waals surface area contributed by atoms with Crippen LogP contribution < -0.4 is 4.90 Å². The van der Waals surface area contributed by atoms with E-state index in [1.54, 1.807) is 25.3 Å². The van der Waals surface area contributed by atoms with E-state index in [-0.39, 0.29) is 10.6 Å². The van der Waals surface area contributed by atoms with Gasteiger partial charge in [-0.25, -0.2) is 4.79 Å². The van der Waals surface area contributed by atoms with Gasteiger partial charge in [-0.2, -0.15) is 0 Å². The van der Waals surface area contributed by atoms with E-state index in [0.717, 1.165) is 13.0 Å². The predicted octanol–water partition coefficient (Wildman–Crippen LogP) is 2.82. The molecule has 19 heavy (non-hydrogen) atoms. The van der Waals surface area contributed by atoms with E-state index in [4.69, 9.17) is 16.3 Å². The molecular formula is C14H16ClNO3. The number of carboxylic acid groups (broad SMARTS) is 1. The molecule has 0 unspecified atom stereocenters. The molecule has 0 atom stereocenters. The summed E-state index contributed by atoms with van der Waals surface area (Å²) in [5.74, 6) is -0.993. The monoisotopic (exact) mass is 281 g/mol. The van der Waals surface area contributed by atoms with E-state index in [1.165, 1.54) is 5.57 Å². The number of carbonyl (C=O) groups is 1. The molecule has 1 aromatic rings. The summed E-state index contributed by atoms with van der Waals surface area (Å²) in [5, 5.41) is 9.54. The number of halogens is 1. The second-order valence-electron chi connectivity index (χ2n) is 4.43. The van der Waals surface area contributed by atoms with Crippen molar-refractivity contribution < 1.29 is 14.6 Å². The molecule has 0 fully saturated rings. The van der Waals surface area contributed by atoms with Crippen LogP contribution >= 0.6 is 11.6 Å². The number of carboxylic acids is 1. The lowest BCUT2D eigenvalue weighted by Gasteiger charge is -2.29. The van der Waals surface area contributed by atoms with Crippen LogP contribution in [-0.4, -0.2) is 37.9 Å². The summed E-state index contributed by atoms with van der Waals surface area (Å²) >= 11 is 5.98. The zero-order valence-corrected chi connectivity index (χ0v) is 11.5. The lowest BCUT2D eigenvalue weighted by atomic mass is 10.1. The van der Waals surface area contributed by atoms with Gasteiger partial charge in [0.25, 0.3) is 0 Å². The van der Waals surface area contributed by atoms with Crippen molar-refractivity contribution in [3.05, 3.63) is 40.4 Å². The Morgan fingerprint density at radius 3 is 2.89 bits per heavy atom. The van der Waals surface area contributed by atoms with E-state index in [2.05, 4.69) is 6.08 Å². The van der Waals surface area contributed by atoms with Crippen LogP contribution in [0.3, 0.4) is 0 Å². The molecule has 0 aromatic heterocycles. The Bertz CT molecular complexity index is 513. The highest BCUT2D eigenvalue weighted by Gasteiger charge is 2.20. The molecule has 1 aliphatic heterocycles. The first-order valence-corrected chi connectivity index (χ1v) is 6.45. The lowest BCUT2D eigenvalue weighted by Crippen LogP contribution is -2.30. The van der Waals surface area contributed by atoms with Crippen molar-refractivity contribution in [1.82, 2.24) is 0 Å². The molecule has 0 saturated carbocycles. The number of hydrogen-bond acceptors (Lipinski definition) is 3. The van der Waals surface area contributed by atoms with Crippen molar-refractivity contribution in [2.45, 2.75) is 6.42 Å². The minimum atomic E-state index is -0.993. The SMILES string of the molecule is COCC1=CCN(c2cccc(Cl)c2C(=O)O)CC1. The smallest absolute Gasteiger partial charge is 0.339 e. The third kappa shape index (κ3) is 3.08. The summed E-state index contributed by atoms with van der Waals surface area (Å²) in [6.45, 7) is 2.09. The highest BCUT2D eigenvalue weighted by molar-refractivity contribution is 6.34. The molecule has 1 heterocycles. The Labute approximate surface area is 117 Å². The number of anilines is 1. The van der Waals surface area contributed by atoms with Crippen LogP contribution in [0.2, 0.25) is 5.02 Å². The molecule has 1 N–H and O–H groups in total. The Kier molecular flexibility index (Phi) is 4.45. The van der Waals surface area contributed by atoms with Crippen molar-refractivity contribution in [2.24, 2.45) is 0 Å². The second-order valence-corrected chi connectivity index (χ2v) is 4.84. The van der Waals surface area contributed by atoms with Gasteiger partial charge in [-0.3, -0.25) is 0 Å². The van der Waals surface area contributed by atoms with Gasteiger partial charge in [0, 0.05) is 20.2 Å². The number of ether oxygens (including phenoxy) is 1. The first-order chi connectivity index (χ1) is 9.13. The standard InChI is InChI=1S/C14H16ClNO3/c1-19-9-10-5-7-16(8-6-10)12-4-2-3-11(15)13(12)14(17)18/h2-5H,6-9H2,1H3,(H,17,18). The maximum Gasteiger partial charge on any atom is 0.339 e. The number of benzene rings is 1. The number of methoxy groups -OCH3 is 1. The number of aromatic carboxylic acids is 1. The Hall–Kier alpha value is -1.52. The summed E-state index contributed by atoms with van der Waals surface area (Å²) in [6.07, 6.45) is 2.96. The Morgan fingerprint density at radius 1 is 1.53 bits per heavy atom. The fraction of sp³-hybridized carbons (Fsp3) is 0.357. The minimum absolute atomic E-state index is 0.174. The van der Waals surface area contributed by atoms with Crippen molar-refractivity contribution in [2.75, 3.05) is 31.7 Å². The normalized spacial score (nSPS) is 15.3. The quantitative estimate of drug-likeness (QED) is 0.862. The van der Waals surface area contributed by atoms with Gasteiger partial charge < -0.3 is 14.7 Å². The van der Waals surface area contributed by atoms with Crippen molar-refractivity contribution in [3.8, 4) is 0 Å². The summed E-state index contributed by atoms with van der Waals surface area (Å²) in [6, 6.07) is 5.17. The molecule has 0 bridgehead atoms. The van der Waals surface area contributed by atoms with Gasteiger partial charge in [0.2, 0.25) is 0 Å². The topological polar surface area (TPSA) is 49.8 Å². The number of nitrogens with zero attached hydrogens (tertiary/aromatic N) is 1. The van der Waals surface area contributed by atoms with Crippen LogP contribution in [-0.2, 0) is 4.74 Å². The maximum absolute atomic E-state index is 11.3. The van der Waals surface area contributed by atoms with Crippen molar-refractivity contribution >= 4 is 23.3 Å². The zero-order chi connectivity index (χ0) is 13.8. The molecule has 0 amide bonds. The molecule has 102 valence electrons. The van der Waals surface area contributed by atoms with Crippen LogP contribution in [0.1, 0.15) is 16.8 Å². The highest BCUT2D eigenvalue weighted by Crippen LogP contribution is 2.29. The summed E-state index contributed by atoms with van der Waals surface area (Å²) in [5.41, 5.74) is 2.10. The van der Waals surface area contributed by atoms with Gasteiger partial charge in [0.1, 0.15) is 5.56 Å². The molecule has 2 rings (SSSR count). The fourth-order valence-corrected chi connectivity index (χ4v) is 2.48. The molecule has 1 aliphatic rings. The van der Waals surface area contributed by atoms with Gasteiger partial charge in [-0.15, -0.1) is 0 Å². The van der Waals surface area contributed by atoms with Gasteiger partial charge >= 0.3 is 5.97 Å². The van der Waals surface area contributed by atoms with E-state index >= 15 is 0 Å². The van der Waals surface area contributed by atoms with Crippen molar-refractivity contribution in [1.29, 1.82) is 0 Å². The number of rotatable bonds is 4. The average Bonchev–Trinajstić information content (AvgIpc) is 2.39. The largest absolute Gasteiger partial charge is 0.478 e. The van der Waals surface area contributed by atoms with E-state index < -0.39 is 5.97 Å². The summed E-state index contributed by atoms with van der Waals surface area (Å²) in [7, 11) is 1.67. The minimum Gasteiger partial charge on any atom is -0.478 e. The van der Waals surface area contributed by atoms with Gasteiger partial charge in [0.15, 0.2) is 0 Å². The maximum atomic E-state index is 11.3. The first-order valence-electron chi connectivity index (χ1n) is 6.07. The molecular weight excluding hydrogens is 266 g/mol. The van der Waals surface area contributed by atoms with Crippen LogP contribution in [0.25, 0.3) is 0 Å². The molecule has 4 nitrogen and oxygen atoms in total. The average molecular weight is 282 g/mol. The predicted molar refractivity (Wildman–Crippen MR) is 75.2 cm³/mol. The van der Waals surface area contributed by atoms with Crippen molar-refractivity contribution in [3.63, 3.8) is 0 Å². The third-order valence-corrected chi connectivity index (χ3v) is 3.49. The van der Waals surface area contributed by atoms with Gasteiger partial charge in [-0.05, 0) is 24.1 Å². The second kappa shape index (κ2) is 6.08. The van der Waals surface area contributed by atoms with Crippen LogP contribution in [0.5, 0.6) is 0 Å². The molecule has 1 aromatic carbocycles. The van der Waals surface area contributed by atoms with Crippen LogP contribution in [0.15, 0.2) is 29.8 Å². The van der Waals surface area contributed by atoms with Crippen LogP contribution in [0.4, 0.5) is 5.69 Å². The lowest BCUT2D eigenvalue weighted by molar-refractivity contribution is 0.0697. The van der Waals surface area contributed by atoms with Crippen LogP contribution in [0, 0.1) is 0 Å². The molecule has 0 saturated heterocycles. The van der Waals surface area contributed by atoms with Gasteiger partial charge in [-0.1, -0.05) is 23.7 Å². The highest BCUT2D eigenvalue weighted by atomic mass is 35.5. The van der Waals surface area contributed by atoms with E-state index in [9.17, 15) is 9.90 Å². The summed E-state index contributed by atoms with van der Waals surface area (Å²) in [4.78, 5) is 13.3. The Morgan fingerprint density at radius 2 is 2.32 bits per heavy atom. The molecule has 0 aliphatic carbocycles. The van der Waals surface area contributed by atoms with E-state index in [1.807, 2.05) is 4.90 Å². The molecule has 0 spiro atoms. The van der Waals surface area contributed by atoms with Gasteiger partial charge in [0.05, 0.1) is 17.3 Å². The third-order valence-electron chi connectivity index (χ3n) is 3.18. The van der Waals surface area contributed by atoms with E-state index in [0.29, 0.717) is 18.8 Å². The fourth-order valence-electron chi connectivity index (χ4n) is 2.23. The summed E-state index contributed by atoms with van der Waals surface area (Å²) < 4.78 is 5.10. The first kappa shape index (κ1) is 13.9. The zero-order valence-electron chi connectivity index (χ0n) is 10.7. The molecule has 5 heteroatoms. The Balaban J connectivity index is 2.25.